The summed E-state index contributed by atoms with van der Waals surface area (Å²) in [5.41, 5.74) is 0.0435. The minimum absolute atomic E-state index is 0.00515. The molecule has 1 saturated heterocycles. The lowest BCUT2D eigenvalue weighted by atomic mass is 10.0. The van der Waals surface area contributed by atoms with Crippen LogP contribution in [0.2, 0.25) is 0 Å². The molecule has 3 aromatic rings. The fourth-order valence-corrected chi connectivity index (χ4v) is 3.16. The van der Waals surface area contributed by atoms with Crippen LogP contribution in [0, 0.1) is 12.7 Å². The van der Waals surface area contributed by atoms with Crippen molar-refractivity contribution in [2.75, 3.05) is 13.1 Å². The zero-order chi connectivity index (χ0) is 18.3. The van der Waals surface area contributed by atoms with Gasteiger partial charge in [-0.05, 0) is 30.7 Å². The van der Waals surface area contributed by atoms with E-state index in [1.165, 1.54) is 35.6 Å². The van der Waals surface area contributed by atoms with E-state index in [-0.39, 0.29) is 36.9 Å². The van der Waals surface area contributed by atoms with Crippen molar-refractivity contribution in [3.05, 3.63) is 59.9 Å². The molecule has 1 fully saturated rings. The van der Waals surface area contributed by atoms with Gasteiger partial charge in [0.25, 0.3) is 11.8 Å². The number of likely N-dealkylation sites (tertiary alicyclic amines) is 1. The normalized spacial score (nSPS) is 19.9. The zero-order valence-electron chi connectivity index (χ0n) is 14.0. The number of rotatable bonds is 3. The predicted octanol–water partition coefficient (Wildman–Crippen LogP) is 2.51. The van der Waals surface area contributed by atoms with Crippen LogP contribution in [-0.4, -0.2) is 39.1 Å². The third-order valence-electron chi connectivity index (χ3n) is 4.50. The molecule has 0 radical (unpaired) electrons. The molecule has 4 rings (SSSR count). The number of hydrogen-bond donors (Lipinski definition) is 1. The van der Waals surface area contributed by atoms with Crippen molar-refractivity contribution in [1.29, 1.82) is 0 Å². The number of aliphatic hydroxyl groups is 1. The Labute approximate surface area is 148 Å². The topological polar surface area (TPSA) is 92.6 Å². The summed E-state index contributed by atoms with van der Waals surface area (Å²) in [4.78, 5) is 18.5. The van der Waals surface area contributed by atoms with Gasteiger partial charge in [0.15, 0.2) is 11.4 Å². The van der Waals surface area contributed by atoms with E-state index < -0.39 is 11.4 Å². The van der Waals surface area contributed by atoms with Crippen molar-refractivity contribution >= 4 is 5.91 Å². The summed E-state index contributed by atoms with van der Waals surface area (Å²) in [5, 5.41) is 14.5. The Kier molecular flexibility index (Phi) is 3.84. The van der Waals surface area contributed by atoms with Crippen LogP contribution in [-0.2, 0) is 5.60 Å². The molecule has 0 saturated carbocycles. The Balaban J connectivity index is 1.64. The van der Waals surface area contributed by atoms with Gasteiger partial charge in [-0.2, -0.15) is 4.98 Å². The zero-order valence-corrected chi connectivity index (χ0v) is 14.0. The summed E-state index contributed by atoms with van der Waals surface area (Å²) in [6, 6.07) is 5.72. The molecule has 1 unspecified atom stereocenters. The highest BCUT2D eigenvalue weighted by molar-refractivity contribution is 6.01. The highest BCUT2D eigenvalue weighted by Gasteiger charge is 2.44. The predicted molar refractivity (Wildman–Crippen MR) is 87.6 cm³/mol. The first-order chi connectivity index (χ1) is 12.5. The van der Waals surface area contributed by atoms with Crippen LogP contribution in [0.3, 0.4) is 0 Å². The fraction of sp³-hybridized carbons (Fsp3) is 0.278. The van der Waals surface area contributed by atoms with E-state index in [0.29, 0.717) is 17.0 Å². The number of carbonyl (C=O) groups is 1. The molecule has 7 nitrogen and oxygen atoms in total. The highest BCUT2D eigenvalue weighted by Crippen LogP contribution is 2.33. The van der Waals surface area contributed by atoms with Crippen LogP contribution < -0.4 is 0 Å². The molecule has 1 aliphatic heterocycles. The number of carbonyl (C=O) groups excluding carboxylic acids is 1. The number of furan rings is 1. The molecule has 1 aromatic carbocycles. The summed E-state index contributed by atoms with van der Waals surface area (Å²) in [6.07, 6.45) is 3.24. The molecule has 1 aliphatic rings. The van der Waals surface area contributed by atoms with E-state index >= 15 is 0 Å². The van der Waals surface area contributed by atoms with Crippen molar-refractivity contribution in [2.24, 2.45) is 0 Å². The monoisotopic (exact) mass is 357 g/mol. The van der Waals surface area contributed by atoms with Gasteiger partial charge in [0, 0.05) is 18.5 Å². The van der Waals surface area contributed by atoms with Crippen molar-refractivity contribution in [2.45, 2.75) is 18.9 Å². The van der Waals surface area contributed by atoms with Gasteiger partial charge in [-0.15, -0.1) is 0 Å². The van der Waals surface area contributed by atoms with E-state index in [4.69, 9.17) is 8.94 Å². The minimum atomic E-state index is -1.40. The second-order valence-electron chi connectivity index (χ2n) is 6.36. The molecular weight excluding hydrogens is 341 g/mol. The first-order valence-corrected chi connectivity index (χ1v) is 8.11. The smallest absolute Gasteiger partial charge is 0.260 e. The average molecular weight is 357 g/mol. The van der Waals surface area contributed by atoms with Gasteiger partial charge >= 0.3 is 0 Å². The van der Waals surface area contributed by atoms with Gasteiger partial charge in [0.2, 0.25) is 0 Å². The van der Waals surface area contributed by atoms with E-state index in [0.717, 1.165) is 0 Å². The molecular formula is C18H16FN3O4. The molecule has 26 heavy (non-hydrogen) atoms. The molecule has 0 bridgehead atoms. The number of benzene rings is 1. The molecule has 0 spiro atoms. The summed E-state index contributed by atoms with van der Waals surface area (Å²) in [6.45, 7) is 1.94. The average Bonchev–Trinajstić information content (AvgIpc) is 3.35. The fourth-order valence-electron chi connectivity index (χ4n) is 3.16. The number of β-amino-alcohol motifs (C(OH)–C–C–N with tert-alkyl or cyclic N) is 1. The minimum Gasteiger partial charge on any atom is -0.472 e. The molecule has 1 amide bonds. The van der Waals surface area contributed by atoms with Crippen LogP contribution in [0.4, 0.5) is 4.39 Å². The molecule has 134 valence electrons. The summed E-state index contributed by atoms with van der Waals surface area (Å²) in [5.74, 6) is -0.402. The van der Waals surface area contributed by atoms with Crippen molar-refractivity contribution < 1.29 is 23.2 Å². The largest absolute Gasteiger partial charge is 0.472 e. The Morgan fingerprint density at radius 3 is 2.92 bits per heavy atom. The van der Waals surface area contributed by atoms with Crippen molar-refractivity contribution in [3.63, 3.8) is 0 Å². The van der Waals surface area contributed by atoms with E-state index in [1.807, 2.05) is 0 Å². The number of aromatic nitrogens is 2. The van der Waals surface area contributed by atoms with Crippen LogP contribution in [0.5, 0.6) is 0 Å². The van der Waals surface area contributed by atoms with Gasteiger partial charge in [0.1, 0.15) is 5.82 Å². The van der Waals surface area contributed by atoms with Crippen molar-refractivity contribution in [3.8, 4) is 11.1 Å². The molecule has 2 aromatic heterocycles. The third-order valence-corrected chi connectivity index (χ3v) is 4.50. The Bertz CT molecular complexity index is 953. The third kappa shape index (κ3) is 2.78. The maximum atomic E-state index is 13.8. The maximum Gasteiger partial charge on any atom is 0.260 e. The maximum absolute atomic E-state index is 13.8. The van der Waals surface area contributed by atoms with Gasteiger partial charge < -0.3 is 18.9 Å². The van der Waals surface area contributed by atoms with Crippen LogP contribution >= 0.6 is 0 Å². The van der Waals surface area contributed by atoms with Crippen molar-refractivity contribution in [1.82, 2.24) is 15.0 Å². The van der Waals surface area contributed by atoms with Crippen LogP contribution in [0.25, 0.3) is 11.1 Å². The Morgan fingerprint density at radius 1 is 1.38 bits per heavy atom. The number of halogens is 1. The lowest BCUT2D eigenvalue weighted by Gasteiger charge is -2.21. The van der Waals surface area contributed by atoms with Crippen LogP contribution in [0.1, 0.15) is 28.5 Å². The molecule has 0 aliphatic carbocycles. The molecule has 1 atom stereocenters. The quantitative estimate of drug-likeness (QED) is 0.774. The van der Waals surface area contributed by atoms with Gasteiger partial charge in [-0.25, -0.2) is 4.39 Å². The summed E-state index contributed by atoms with van der Waals surface area (Å²) in [7, 11) is 0. The second-order valence-corrected chi connectivity index (χ2v) is 6.36. The van der Waals surface area contributed by atoms with Crippen LogP contribution in [0.15, 0.2) is 45.7 Å². The van der Waals surface area contributed by atoms with E-state index in [1.54, 1.807) is 13.0 Å². The second kappa shape index (κ2) is 6.06. The Hall–Kier alpha value is -3.00. The standard InChI is InChI=1S/C18H16FN3O4/c1-11-20-17(26-21-11)18(24)5-6-22(10-18)16(23)15-8-13(19)2-3-14(15)12-4-7-25-9-12/h2-4,7-9,24H,5-6,10H2,1H3. The van der Waals surface area contributed by atoms with Gasteiger partial charge in [-0.1, -0.05) is 11.2 Å². The van der Waals surface area contributed by atoms with E-state index in [2.05, 4.69) is 10.1 Å². The van der Waals surface area contributed by atoms with Gasteiger partial charge in [0.05, 0.1) is 24.6 Å². The lowest BCUT2D eigenvalue weighted by molar-refractivity contribution is 0.0136. The number of hydrogen-bond acceptors (Lipinski definition) is 6. The van der Waals surface area contributed by atoms with E-state index in [9.17, 15) is 14.3 Å². The number of aryl methyl sites for hydroxylation is 1. The number of nitrogens with zero attached hydrogens (tertiary/aromatic N) is 3. The van der Waals surface area contributed by atoms with Gasteiger partial charge in [-0.3, -0.25) is 4.79 Å². The first-order valence-electron chi connectivity index (χ1n) is 8.11. The first kappa shape index (κ1) is 16.5. The SMILES string of the molecule is Cc1noc(C2(O)CCN(C(=O)c3cc(F)ccc3-c3ccoc3)C2)n1. The summed E-state index contributed by atoms with van der Waals surface area (Å²) >= 11 is 0. The molecule has 3 heterocycles. The molecule has 1 N–H and O–H groups in total. The summed E-state index contributed by atoms with van der Waals surface area (Å²) < 4.78 is 23.9. The Morgan fingerprint density at radius 2 is 2.23 bits per heavy atom. The molecule has 8 heteroatoms. The lowest BCUT2D eigenvalue weighted by Crippen LogP contribution is -2.35. The highest BCUT2D eigenvalue weighted by atomic mass is 19.1. The number of amides is 1.